The van der Waals surface area contributed by atoms with Gasteiger partial charge in [0.1, 0.15) is 10.8 Å². The molecule has 0 N–H and O–H groups in total. The van der Waals surface area contributed by atoms with Crippen LogP contribution in [0, 0.1) is 24.0 Å². The topological polar surface area (TPSA) is 69.2 Å². The van der Waals surface area contributed by atoms with E-state index >= 15 is 0 Å². The Hall–Kier alpha value is -1.53. The fraction of sp³-hybridized carbons (Fsp3) is 0.250. The molecule has 0 aliphatic rings. The Morgan fingerprint density at radius 3 is 2.79 bits per heavy atom. The Morgan fingerprint density at radius 1 is 1.47 bits per heavy atom. The molecule has 1 heterocycles. The van der Waals surface area contributed by atoms with Crippen molar-refractivity contribution in [2.75, 3.05) is 0 Å². The zero-order valence-electron chi connectivity index (χ0n) is 10.3. The molecule has 0 bridgehead atoms. The summed E-state index contributed by atoms with van der Waals surface area (Å²) in [6, 6.07) is 4.75. The summed E-state index contributed by atoms with van der Waals surface area (Å²) in [7, 11) is 0. The lowest BCUT2D eigenvalue weighted by atomic mass is 10.2. The number of aryl methyl sites for hydroxylation is 2. The molecule has 0 amide bonds. The van der Waals surface area contributed by atoms with Gasteiger partial charge in [-0.3, -0.25) is 10.1 Å². The molecule has 0 saturated heterocycles. The van der Waals surface area contributed by atoms with E-state index in [1.165, 1.54) is 23.9 Å². The van der Waals surface area contributed by atoms with Crippen LogP contribution in [-0.2, 0) is 5.75 Å². The molecule has 1 aromatic carbocycles. The summed E-state index contributed by atoms with van der Waals surface area (Å²) >= 11 is 7.14. The van der Waals surface area contributed by atoms with Crippen molar-refractivity contribution in [3.63, 3.8) is 0 Å². The smallest absolute Gasteiger partial charge is 0.288 e. The van der Waals surface area contributed by atoms with E-state index < -0.39 is 4.92 Å². The summed E-state index contributed by atoms with van der Waals surface area (Å²) in [4.78, 5) is 14.5. The lowest BCUT2D eigenvalue weighted by Gasteiger charge is -2.00. The van der Waals surface area contributed by atoms with E-state index in [9.17, 15) is 10.1 Å². The Balaban J connectivity index is 2.11. The van der Waals surface area contributed by atoms with Crippen molar-refractivity contribution in [3.05, 3.63) is 50.4 Å². The highest BCUT2D eigenvalue weighted by Gasteiger charge is 2.13. The third-order valence-electron chi connectivity index (χ3n) is 2.58. The highest BCUT2D eigenvalue weighted by atomic mass is 35.5. The molecule has 19 heavy (non-hydrogen) atoms. The number of hydrogen-bond acceptors (Lipinski definition) is 5. The first-order chi connectivity index (χ1) is 8.97. The zero-order chi connectivity index (χ0) is 14.0. The van der Waals surface area contributed by atoms with Crippen LogP contribution in [0.4, 0.5) is 5.69 Å². The lowest BCUT2D eigenvalue weighted by Crippen LogP contribution is -1.91. The molecule has 0 spiro atoms. The second-order valence-electron chi connectivity index (χ2n) is 3.95. The van der Waals surface area contributed by atoms with Gasteiger partial charge >= 0.3 is 0 Å². The molecule has 5 nitrogen and oxygen atoms in total. The maximum atomic E-state index is 10.8. The highest BCUT2D eigenvalue weighted by Crippen LogP contribution is 2.29. The minimum absolute atomic E-state index is 0.0838. The number of oxazole rings is 1. The van der Waals surface area contributed by atoms with Gasteiger partial charge in [-0.05, 0) is 25.5 Å². The third kappa shape index (κ3) is 3.27. The fourth-order valence-corrected chi connectivity index (χ4v) is 2.48. The van der Waals surface area contributed by atoms with Crippen molar-refractivity contribution in [1.82, 2.24) is 4.98 Å². The minimum Gasteiger partial charge on any atom is -0.437 e. The van der Waals surface area contributed by atoms with Crippen molar-refractivity contribution < 1.29 is 9.34 Å². The summed E-state index contributed by atoms with van der Waals surface area (Å²) in [5.41, 5.74) is 1.57. The van der Waals surface area contributed by atoms with Crippen molar-refractivity contribution in [1.29, 1.82) is 0 Å². The second-order valence-corrected chi connectivity index (χ2v) is 5.29. The number of nitrogens with zero attached hydrogens (tertiary/aromatic N) is 2. The van der Waals surface area contributed by atoms with Crippen LogP contribution >= 0.6 is 23.4 Å². The molecule has 7 heteroatoms. The average molecular weight is 299 g/mol. The van der Waals surface area contributed by atoms with Crippen molar-refractivity contribution in [3.8, 4) is 0 Å². The number of aromatic nitrogens is 1. The molecule has 0 fully saturated rings. The van der Waals surface area contributed by atoms with E-state index in [4.69, 9.17) is 16.0 Å². The van der Waals surface area contributed by atoms with Crippen LogP contribution in [0.5, 0.6) is 0 Å². The van der Waals surface area contributed by atoms with Gasteiger partial charge in [0.05, 0.1) is 10.6 Å². The second kappa shape index (κ2) is 5.63. The van der Waals surface area contributed by atoms with Crippen LogP contribution in [0.25, 0.3) is 0 Å². The van der Waals surface area contributed by atoms with Crippen molar-refractivity contribution in [2.45, 2.75) is 24.8 Å². The monoisotopic (exact) mass is 298 g/mol. The Morgan fingerprint density at radius 2 is 2.21 bits per heavy atom. The first-order valence-corrected chi connectivity index (χ1v) is 6.83. The number of hydrogen-bond donors (Lipinski definition) is 0. The standard InChI is InChI=1S/C12H11ClN2O3S/c1-7-8(2)18-12(14-7)19-6-9-3-4-10(13)11(5-9)15(16)17/h3-5H,6H2,1-2H3. The normalized spacial score (nSPS) is 10.7. The number of rotatable bonds is 4. The Labute approximate surface area is 119 Å². The van der Waals surface area contributed by atoms with E-state index in [1.54, 1.807) is 6.07 Å². The first-order valence-electron chi connectivity index (χ1n) is 5.47. The average Bonchev–Trinajstić information content (AvgIpc) is 2.67. The molecule has 2 aromatic rings. The third-order valence-corrected chi connectivity index (χ3v) is 3.80. The Bertz CT molecular complexity index is 608. The van der Waals surface area contributed by atoms with Gasteiger partial charge in [-0.1, -0.05) is 29.4 Å². The predicted molar refractivity (Wildman–Crippen MR) is 73.6 cm³/mol. The van der Waals surface area contributed by atoms with E-state index in [2.05, 4.69) is 4.98 Å². The van der Waals surface area contributed by atoms with Crippen LogP contribution in [0.15, 0.2) is 27.8 Å². The van der Waals surface area contributed by atoms with Crippen molar-refractivity contribution in [2.24, 2.45) is 0 Å². The van der Waals surface area contributed by atoms with E-state index in [1.807, 2.05) is 13.8 Å². The van der Waals surface area contributed by atoms with Gasteiger partial charge in [-0.2, -0.15) is 0 Å². The van der Waals surface area contributed by atoms with Crippen LogP contribution in [0.1, 0.15) is 17.0 Å². The molecule has 0 aliphatic heterocycles. The van der Waals surface area contributed by atoms with Crippen molar-refractivity contribution >= 4 is 29.1 Å². The van der Waals surface area contributed by atoms with Gasteiger partial charge in [-0.15, -0.1) is 0 Å². The number of nitro benzene ring substituents is 1. The largest absolute Gasteiger partial charge is 0.437 e. The highest BCUT2D eigenvalue weighted by molar-refractivity contribution is 7.98. The summed E-state index contributed by atoms with van der Waals surface area (Å²) in [6.07, 6.45) is 0. The summed E-state index contributed by atoms with van der Waals surface area (Å²) < 4.78 is 5.43. The molecule has 100 valence electrons. The maximum absolute atomic E-state index is 10.8. The molecule has 0 unspecified atom stereocenters. The molecule has 0 radical (unpaired) electrons. The first kappa shape index (κ1) is 13.9. The van der Waals surface area contributed by atoms with Gasteiger partial charge in [0.2, 0.25) is 0 Å². The van der Waals surface area contributed by atoms with Crippen LogP contribution < -0.4 is 0 Å². The van der Waals surface area contributed by atoms with Gasteiger partial charge in [0, 0.05) is 11.8 Å². The predicted octanol–water partition coefficient (Wildman–Crippen LogP) is 4.15. The SMILES string of the molecule is Cc1nc(SCc2ccc(Cl)c([N+](=O)[O-])c2)oc1C. The minimum atomic E-state index is -0.490. The van der Waals surface area contributed by atoms with E-state index in [0.717, 1.165) is 17.0 Å². The molecule has 0 saturated carbocycles. The van der Waals surface area contributed by atoms with E-state index in [0.29, 0.717) is 11.0 Å². The molecule has 2 rings (SSSR count). The van der Waals surface area contributed by atoms with Gasteiger partial charge < -0.3 is 4.42 Å². The molecule has 0 atom stereocenters. The summed E-state index contributed by atoms with van der Waals surface area (Å²) in [6.45, 7) is 3.72. The Kier molecular flexibility index (Phi) is 4.11. The summed E-state index contributed by atoms with van der Waals surface area (Å²) in [5.74, 6) is 1.32. The number of nitro groups is 1. The van der Waals surface area contributed by atoms with Crippen LogP contribution in [0.2, 0.25) is 5.02 Å². The molecular weight excluding hydrogens is 288 g/mol. The number of halogens is 1. The zero-order valence-corrected chi connectivity index (χ0v) is 11.9. The van der Waals surface area contributed by atoms with Gasteiger partial charge in [0.25, 0.3) is 10.9 Å². The molecule has 1 aromatic heterocycles. The summed E-state index contributed by atoms with van der Waals surface area (Å²) in [5, 5.41) is 11.5. The number of benzene rings is 1. The quantitative estimate of drug-likeness (QED) is 0.482. The van der Waals surface area contributed by atoms with Gasteiger partial charge in [0.15, 0.2) is 0 Å². The number of thioether (sulfide) groups is 1. The molecular formula is C12H11ClN2O3S. The molecule has 0 aliphatic carbocycles. The van der Waals surface area contributed by atoms with E-state index in [-0.39, 0.29) is 10.7 Å². The van der Waals surface area contributed by atoms with Gasteiger partial charge in [-0.25, -0.2) is 4.98 Å². The maximum Gasteiger partial charge on any atom is 0.288 e. The van der Waals surface area contributed by atoms with Crippen LogP contribution in [0.3, 0.4) is 0 Å². The lowest BCUT2D eigenvalue weighted by molar-refractivity contribution is -0.384. The fourth-order valence-electron chi connectivity index (χ4n) is 1.44. The van der Waals surface area contributed by atoms with Crippen LogP contribution in [-0.4, -0.2) is 9.91 Å².